The molecule has 0 aliphatic carbocycles. The van der Waals surface area contributed by atoms with E-state index in [9.17, 15) is 4.79 Å². The first kappa shape index (κ1) is 15.7. The molecule has 0 spiro atoms. The smallest absolute Gasteiger partial charge is 0.342 e. The molecule has 0 unspecified atom stereocenters. The number of allylic oxidation sites excluding steroid dienone is 1. The lowest BCUT2D eigenvalue weighted by Crippen LogP contribution is -2.30. The molecule has 0 rings (SSSR count). The summed E-state index contributed by atoms with van der Waals surface area (Å²) in [5, 5.41) is 5.70. The van der Waals surface area contributed by atoms with Crippen LogP contribution in [0.4, 0.5) is 0 Å². The van der Waals surface area contributed by atoms with Gasteiger partial charge in [-0.25, -0.2) is 4.79 Å². The molecule has 0 atom stereocenters. The Hall–Kier alpha value is -0.310. The first-order valence-corrected chi connectivity index (χ1v) is 6.32. The molecule has 16 heavy (non-hydrogen) atoms. The molecule has 0 aromatic heterocycles. The van der Waals surface area contributed by atoms with Crippen molar-refractivity contribution in [2.45, 2.75) is 6.92 Å². The van der Waals surface area contributed by atoms with E-state index in [0.717, 1.165) is 12.0 Å². The number of hydrogen-bond donors (Lipinski definition) is 3. The van der Waals surface area contributed by atoms with Crippen LogP contribution in [0.5, 0.6) is 0 Å². The molecule has 0 fully saturated rings. The quantitative estimate of drug-likeness (QED) is 0.238. The highest BCUT2D eigenvalue weighted by Crippen LogP contribution is 2.04. The van der Waals surface area contributed by atoms with Gasteiger partial charge in [0, 0.05) is 19.2 Å². The molecule has 0 aliphatic heterocycles. The summed E-state index contributed by atoms with van der Waals surface area (Å²) in [4.78, 5) is 10.9. The van der Waals surface area contributed by atoms with Gasteiger partial charge in [-0.1, -0.05) is 18.3 Å². The Morgan fingerprint density at radius 2 is 2.06 bits per heavy atom. The van der Waals surface area contributed by atoms with Gasteiger partial charge in [0.2, 0.25) is 0 Å². The minimum atomic E-state index is -0.439. The van der Waals surface area contributed by atoms with Gasteiger partial charge in [0.1, 0.15) is 16.4 Å². The molecular formula is C8H12N2O2S4. The van der Waals surface area contributed by atoms with Crippen LogP contribution in [0.25, 0.3) is 0 Å². The molecule has 2 N–H and O–H groups in total. The van der Waals surface area contributed by atoms with Crippen LogP contribution in [0.3, 0.4) is 0 Å². The number of hydrogen-bond acceptors (Lipinski definition) is 5. The first-order valence-electron chi connectivity index (χ1n) is 4.32. The molecule has 0 aliphatic rings. The Balaban J connectivity index is 3.52. The maximum atomic E-state index is 10.9. The second kappa shape index (κ2) is 9.88. The van der Waals surface area contributed by atoms with Crippen LogP contribution in [-0.2, 0) is 8.98 Å². The van der Waals surface area contributed by atoms with E-state index in [1.54, 1.807) is 13.0 Å². The first-order chi connectivity index (χ1) is 7.56. The highest BCUT2D eigenvalue weighted by Gasteiger charge is 2.02. The predicted molar refractivity (Wildman–Crippen MR) is 78.7 cm³/mol. The summed E-state index contributed by atoms with van der Waals surface area (Å²) < 4.78 is 5.57. The standard InChI is InChI=1S/C8H12N2O2S4/c1-2-3-6(11)12-16-8(15)10-5-4-9-7(13)14/h2-3H,4-5H2,1H3,(H,10,15)(H2,9,13,14). The summed E-state index contributed by atoms with van der Waals surface area (Å²) in [5.41, 5.74) is 0. The molecular weight excluding hydrogens is 284 g/mol. The van der Waals surface area contributed by atoms with Crippen molar-refractivity contribution >= 4 is 63.7 Å². The third-order valence-corrected chi connectivity index (χ3v) is 2.37. The largest absolute Gasteiger partial charge is 0.380 e. The fourth-order valence-corrected chi connectivity index (χ4v) is 1.40. The average molecular weight is 296 g/mol. The second-order valence-corrected chi connectivity index (χ2v) is 5.00. The van der Waals surface area contributed by atoms with E-state index in [1.165, 1.54) is 6.08 Å². The number of carbonyl (C=O) groups is 1. The Bertz CT molecular complexity index is 294. The monoisotopic (exact) mass is 296 g/mol. The number of thiol groups is 1. The van der Waals surface area contributed by atoms with E-state index in [0.29, 0.717) is 21.7 Å². The zero-order valence-electron chi connectivity index (χ0n) is 8.56. The van der Waals surface area contributed by atoms with E-state index < -0.39 is 5.97 Å². The molecule has 0 saturated heterocycles. The van der Waals surface area contributed by atoms with Crippen LogP contribution in [0.2, 0.25) is 0 Å². The second-order valence-electron chi connectivity index (χ2n) is 2.43. The average Bonchev–Trinajstić information content (AvgIpc) is 2.22. The van der Waals surface area contributed by atoms with Crippen LogP contribution in [0.15, 0.2) is 12.2 Å². The summed E-state index contributed by atoms with van der Waals surface area (Å²) in [6.45, 7) is 2.91. The molecule has 0 amide bonds. The van der Waals surface area contributed by atoms with E-state index in [2.05, 4.69) is 23.3 Å². The molecule has 90 valence electrons. The number of nitrogens with one attached hydrogen (secondary N) is 2. The topological polar surface area (TPSA) is 50.4 Å². The van der Waals surface area contributed by atoms with Crippen LogP contribution in [0.1, 0.15) is 6.92 Å². The van der Waals surface area contributed by atoms with Crippen LogP contribution in [0, 0.1) is 0 Å². The van der Waals surface area contributed by atoms with Gasteiger partial charge in [-0.2, -0.15) is 0 Å². The van der Waals surface area contributed by atoms with Crippen molar-refractivity contribution in [3.63, 3.8) is 0 Å². The SMILES string of the molecule is CC=CC(=O)OSC(=S)NCCNC(=S)S. The maximum absolute atomic E-state index is 10.9. The van der Waals surface area contributed by atoms with Gasteiger partial charge < -0.3 is 14.8 Å². The summed E-state index contributed by atoms with van der Waals surface area (Å²) in [7, 11) is 0. The van der Waals surface area contributed by atoms with Crippen molar-refractivity contribution in [2.75, 3.05) is 13.1 Å². The van der Waals surface area contributed by atoms with Crippen LogP contribution < -0.4 is 10.6 Å². The van der Waals surface area contributed by atoms with Gasteiger partial charge in [-0.3, -0.25) is 0 Å². The van der Waals surface area contributed by atoms with Gasteiger partial charge in [-0.05, 0) is 19.1 Å². The minimum absolute atomic E-state index is 0.393. The van der Waals surface area contributed by atoms with E-state index in [4.69, 9.17) is 28.6 Å². The molecule has 0 radical (unpaired) electrons. The summed E-state index contributed by atoms with van der Waals surface area (Å²) in [6, 6.07) is 0. The van der Waals surface area contributed by atoms with Gasteiger partial charge in [-0.15, -0.1) is 12.6 Å². The number of rotatable bonds is 4. The molecule has 0 bridgehead atoms. The Kier molecular flexibility index (Phi) is 9.69. The van der Waals surface area contributed by atoms with Gasteiger partial charge in [0.05, 0.1) is 0 Å². The van der Waals surface area contributed by atoms with Crippen molar-refractivity contribution in [1.29, 1.82) is 0 Å². The fourth-order valence-electron chi connectivity index (χ4n) is 0.606. The van der Waals surface area contributed by atoms with E-state index in [1.807, 2.05) is 0 Å². The lowest BCUT2D eigenvalue weighted by Gasteiger charge is -2.06. The molecule has 8 heteroatoms. The van der Waals surface area contributed by atoms with E-state index in [-0.39, 0.29) is 0 Å². The highest BCUT2D eigenvalue weighted by molar-refractivity contribution is 8.20. The van der Waals surface area contributed by atoms with Crippen molar-refractivity contribution in [3.8, 4) is 0 Å². The third kappa shape index (κ3) is 10.2. The van der Waals surface area contributed by atoms with Crippen molar-refractivity contribution in [1.82, 2.24) is 10.6 Å². The van der Waals surface area contributed by atoms with Crippen molar-refractivity contribution in [2.24, 2.45) is 0 Å². The van der Waals surface area contributed by atoms with Crippen LogP contribution in [-0.4, -0.2) is 27.7 Å². The van der Waals surface area contributed by atoms with Gasteiger partial charge in [0.25, 0.3) is 0 Å². The molecule has 4 nitrogen and oxygen atoms in total. The number of carbonyl (C=O) groups excluding carboxylic acids is 1. The Morgan fingerprint density at radius 1 is 1.44 bits per heavy atom. The Labute approximate surface area is 115 Å². The molecule has 0 aromatic carbocycles. The lowest BCUT2D eigenvalue weighted by atomic mass is 10.5. The van der Waals surface area contributed by atoms with Crippen molar-refractivity contribution < 1.29 is 8.98 Å². The van der Waals surface area contributed by atoms with Gasteiger partial charge >= 0.3 is 5.97 Å². The zero-order valence-corrected chi connectivity index (χ0v) is 11.9. The summed E-state index contributed by atoms with van der Waals surface area (Å²) >= 11 is 14.3. The molecule has 0 heterocycles. The summed E-state index contributed by atoms with van der Waals surface area (Å²) in [6.07, 6.45) is 2.91. The number of thiocarbonyl (C=S) groups is 2. The highest BCUT2D eigenvalue weighted by atomic mass is 32.2. The lowest BCUT2D eigenvalue weighted by molar-refractivity contribution is -0.127. The predicted octanol–water partition coefficient (Wildman–Crippen LogP) is 1.43. The maximum Gasteiger partial charge on any atom is 0.342 e. The molecule has 0 aromatic rings. The normalized spacial score (nSPS) is 9.88. The zero-order chi connectivity index (χ0) is 12.4. The fraction of sp³-hybridized carbons (Fsp3) is 0.375. The Morgan fingerprint density at radius 3 is 2.62 bits per heavy atom. The third-order valence-electron chi connectivity index (χ3n) is 1.17. The molecule has 0 saturated carbocycles. The van der Waals surface area contributed by atoms with Crippen LogP contribution >= 0.6 is 49.1 Å². The minimum Gasteiger partial charge on any atom is -0.380 e. The summed E-state index contributed by atoms with van der Waals surface area (Å²) in [5.74, 6) is -0.439. The van der Waals surface area contributed by atoms with E-state index >= 15 is 0 Å². The van der Waals surface area contributed by atoms with Gasteiger partial charge in [0.15, 0.2) is 4.32 Å². The van der Waals surface area contributed by atoms with Crippen molar-refractivity contribution in [3.05, 3.63) is 12.2 Å².